The van der Waals surface area contributed by atoms with Crippen molar-refractivity contribution in [2.75, 3.05) is 11.1 Å². The zero-order valence-corrected chi connectivity index (χ0v) is 12.6. The third kappa shape index (κ3) is 2.12. The Balaban J connectivity index is 1.57. The summed E-state index contributed by atoms with van der Waals surface area (Å²) in [5, 5.41) is 3.04. The lowest BCUT2D eigenvalue weighted by atomic mass is 9.44. The number of hydrogen-bond acceptors (Lipinski definition) is 3. The van der Waals surface area contributed by atoms with Crippen molar-refractivity contribution in [3.05, 3.63) is 18.3 Å². The Hall–Kier alpha value is -1.58. The van der Waals surface area contributed by atoms with E-state index in [1.165, 1.54) is 19.3 Å². The second-order valence-electron chi connectivity index (χ2n) is 7.98. The van der Waals surface area contributed by atoms with E-state index in [4.69, 9.17) is 5.73 Å². The van der Waals surface area contributed by atoms with Crippen molar-refractivity contribution in [1.82, 2.24) is 4.98 Å². The number of nitrogen functional groups attached to an aromatic ring is 1. The first-order valence-electron chi connectivity index (χ1n) is 7.99. The molecule has 1 heterocycles. The van der Waals surface area contributed by atoms with Crippen LogP contribution < -0.4 is 11.1 Å². The lowest BCUT2D eigenvalue weighted by molar-refractivity contribution is -0.149. The average Bonchev–Trinajstić information content (AvgIpc) is 2.38. The van der Waals surface area contributed by atoms with E-state index in [0.717, 1.165) is 31.1 Å². The first kappa shape index (κ1) is 13.1. The monoisotopic (exact) mass is 285 g/mol. The normalized spacial score (nSPS) is 40.2. The molecule has 1 amide bonds. The van der Waals surface area contributed by atoms with Gasteiger partial charge in [-0.2, -0.15) is 0 Å². The van der Waals surface area contributed by atoms with Crippen LogP contribution in [-0.2, 0) is 4.79 Å². The maximum atomic E-state index is 12.9. The Bertz CT molecular complexity index is 566. The van der Waals surface area contributed by atoms with Gasteiger partial charge in [-0.15, -0.1) is 0 Å². The van der Waals surface area contributed by atoms with Crippen LogP contribution in [0.1, 0.15) is 45.4 Å². The largest absolute Gasteiger partial charge is 0.397 e. The topological polar surface area (TPSA) is 68.0 Å². The third-order valence-corrected chi connectivity index (χ3v) is 5.86. The van der Waals surface area contributed by atoms with Crippen LogP contribution in [0.25, 0.3) is 0 Å². The van der Waals surface area contributed by atoms with Gasteiger partial charge in [0.15, 0.2) is 0 Å². The summed E-state index contributed by atoms with van der Waals surface area (Å²) >= 11 is 0. The zero-order chi connectivity index (χ0) is 14.7. The van der Waals surface area contributed by atoms with E-state index in [1.807, 2.05) is 0 Å². The lowest BCUT2D eigenvalue weighted by Gasteiger charge is -2.60. The molecule has 4 heteroatoms. The fourth-order valence-corrected chi connectivity index (χ4v) is 5.71. The third-order valence-electron chi connectivity index (χ3n) is 5.86. The van der Waals surface area contributed by atoms with Crippen LogP contribution in [0, 0.1) is 22.7 Å². The van der Waals surface area contributed by atoms with Crippen LogP contribution in [0.15, 0.2) is 18.3 Å². The molecule has 3 N–H and O–H groups in total. The van der Waals surface area contributed by atoms with Gasteiger partial charge in [-0.1, -0.05) is 6.92 Å². The summed E-state index contributed by atoms with van der Waals surface area (Å²) in [6.07, 6.45) is 8.76. The number of aromatic nitrogens is 1. The molecular formula is C17H23N3O. The fourth-order valence-electron chi connectivity index (χ4n) is 5.71. The molecule has 0 radical (unpaired) electrons. The van der Waals surface area contributed by atoms with Crippen LogP contribution in [0.5, 0.6) is 0 Å². The molecule has 4 aliphatic carbocycles. The van der Waals surface area contributed by atoms with Crippen LogP contribution in [0.3, 0.4) is 0 Å². The summed E-state index contributed by atoms with van der Waals surface area (Å²) in [6.45, 7) is 2.38. The summed E-state index contributed by atoms with van der Waals surface area (Å²) in [5.41, 5.74) is 6.50. The highest BCUT2D eigenvalue weighted by Gasteiger charge is 2.58. The van der Waals surface area contributed by atoms with Gasteiger partial charge in [0.05, 0.1) is 17.3 Å². The van der Waals surface area contributed by atoms with Gasteiger partial charge in [0, 0.05) is 0 Å². The van der Waals surface area contributed by atoms with Crippen molar-refractivity contribution < 1.29 is 4.79 Å². The van der Waals surface area contributed by atoms with Crippen molar-refractivity contribution in [3.8, 4) is 0 Å². The summed E-state index contributed by atoms with van der Waals surface area (Å²) < 4.78 is 0. The Kier molecular flexibility index (Phi) is 2.63. The van der Waals surface area contributed by atoms with Gasteiger partial charge >= 0.3 is 0 Å². The zero-order valence-electron chi connectivity index (χ0n) is 12.6. The van der Waals surface area contributed by atoms with E-state index in [2.05, 4.69) is 17.2 Å². The summed E-state index contributed by atoms with van der Waals surface area (Å²) in [5.74, 6) is 2.30. The molecule has 4 nitrogen and oxygen atoms in total. The molecule has 0 aliphatic heterocycles. The molecule has 1 aromatic heterocycles. The van der Waals surface area contributed by atoms with Crippen molar-refractivity contribution in [2.45, 2.75) is 45.4 Å². The molecule has 1 aromatic rings. The molecule has 4 saturated carbocycles. The smallest absolute Gasteiger partial charge is 0.231 e. The number of pyridine rings is 1. The number of carbonyl (C=O) groups is 1. The van der Waals surface area contributed by atoms with Crippen molar-refractivity contribution in [1.29, 1.82) is 0 Å². The Morgan fingerprint density at radius 2 is 2.00 bits per heavy atom. The quantitative estimate of drug-likeness (QED) is 0.876. The predicted octanol–water partition coefficient (Wildman–Crippen LogP) is 3.21. The highest BCUT2D eigenvalue weighted by atomic mass is 16.2. The lowest BCUT2D eigenvalue weighted by Crippen LogP contribution is -2.55. The molecule has 4 bridgehead atoms. The van der Waals surface area contributed by atoms with Crippen LogP contribution in [-0.4, -0.2) is 10.9 Å². The van der Waals surface area contributed by atoms with Crippen molar-refractivity contribution in [3.63, 3.8) is 0 Å². The maximum Gasteiger partial charge on any atom is 0.231 e. The van der Waals surface area contributed by atoms with Gasteiger partial charge < -0.3 is 11.1 Å². The van der Waals surface area contributed by atoms with E-state index >= 15 is 0 Å². The molecule has 2 unspecified atom stereocenters. The SMILES string of the molecule is CC12CC3CC(C1)CC(C(=O)Nc1ccc(N)cn1)(C3)C2. The Labute approximate surface area is 125 Å². The molecule has 2 atom stereocenters. The number of anilines is 2. The number of rotatable bonds is 2. The number of carbonyl (C=O) groups excluding carboxylic acids is 1. The molecule has 21 heavy (non-hydrogen) atoms. The molecule has 0 saturated heterocycles. The Morgan fingerprint density at radius 1 is 1.29 bits per heavy atom. The van der Waals surface area contributed by atoms with Gasteiger partial charge in [-0.3, -0.25) is 4.79 Å². The number of nitrogens with zero attached hydrogens (tertiary/aromatic N) is 1. The van der Waals surface area contributed by atoms with Gasteiger partial charge in [-0.25, -0.2) is 4.98 Å². The van der Waals surface area contributed by atoms with E-state index < -0.39 is 0 Å². The number of nitrogens with two attached hydrogens (primary N) is 1. The number of amides is 1. The van der Waals surface area contributed by atoms with Gasteiger partial charge in [0.2, 0.25) is 5.91 Å². The molecule has 112 valence electrons. The van der Waals surface area contributed by atoms with Gasteiger partial charge in [-0.05, 0) is 67.9 Å². The van der Waals surface area contributed by atoms with Gasteiger partial charge in [0.1, 0.15) is 5.82 Å². The van der Waals surface area contributed by atoms with Crippen LogP contribution in [0.4, 0.5) is 11.5 Å². The van der Waals surface area contributed by atoms with Crippen LogP contribution in [0.2, 0.25) is 0 Å². The summed E-state index contributed by atoms with van der Waals surface area (Å²) in [6, 6.07) is 3.57. The number of hydrogen-bond donors (Lipinski definition) is 2. The highest BCUT2D eigenvalue weighted by molar-refractivity contribution is 5.95. The molecule has 0 aromatic carbocycles. The minimum Gasteiger partial charge on any atom is -0.397 e. The summed E-state index contributed by atoms with van der Waals surface area (Å²) in [7, 11) is 0. The number of nitrogens with one attached hydrogen (secondary N) is 1. The van der Waals surface area contributed by atoms with E-state index in [-0.39, 0.29) is 11.3 Å². The second-order valence-corrected chi connectivity index (χ2v) is 7.98. The fraction of sp³-hybridized carbons (Fsp3) is 0.647. The molecular weight excluding hydrogens is 262 g/mol. The standard InChI is InChI=1S/C17H23N3O/c1-16-5-11-4-12(6-16)8-17(7-11,10-16)15(21)20-14-3-2-13(18)9-19-14/h2-3,9,11-12H,4-8,10,18H2,1H3,(H,19,20,21). The Morgan fingerprint density at radius 3 is 2.57 bits per heavy atom. The van der Waals surface area contributed by atoms with Crippen molar-refractivity contribution in [2.24, 2.45) is 22.7 Å². The minimum absolute atomic E-state index is 0.151. The molecule has 4 aliphatic rings. The minimum atomic E-state index is -0.151. The van der Waals surface area contributed by atoms with Crippen LogP contribution >= 0.6 is 0 Å². The predicted molar refractivity (Wildman–Crippen MR) is 82.5 cm³/mol. The van der Waals surface area contributed by atoms with Gasteiger partial charge in [0.25, 0.3) is 0 Å². The van der Waals surface area contributed by atoms with E-state index in [9.17, 15) is 4.79 Å². The molecule has 4 fully saturated rings. The van der Waals surface area contributed by atoms with E-state index in [0.29, 0.717) is 16.9 Å². The molecule has 0 spiro atoms. The van der Waals surface area contributed by atoms with E-state index in [1.54, 1.807) is 18.3 Å². The second kappa shape index (κ2) is 4.21. The molecule has 5 rings (SSSR count). The first-order valence-corrected chi connectivity index (χ1v) is 7.99. The maximum absolute atomic E-state index is 12.9. The van der Waals surface area contributed by atoms with Crippen molar-refractivity contribution >= 4 is 17.4 Å². The highest BCUT2D eigenvalue weighted by Crippen LogP contribution is 2.65. The first-order chi connectivity index (χ1) is 9.96. The summed E-state index contributed by atoms with van der Waals surface area (Å²) in [4.78, 5) is 17.1. The average molecular weight is 285 g/mol.